The third kappa shape index (κ3) is 23.5. The van der Waals surface area contributed by atoms with Gasteiger partial charge in [0.1, 0.15) is 54.5 Å². The highest BCUT2D eigenvalue weighted by Crippen LogP contribution is 2.40. The van der Waals surface area contributed by atoms with E-state index in [1.165, 1.54) is 67.1 Å². The van der Waals surface area contributed by atoms with Crippen LogP contribution in [-0.2, 0) is 37.6 Å². The van der Waals surface area contributed by atoms with Gasteiger partial charge in [-0.25, -0.2) is 18.0 Å². The number of hydrogen-bond donors (Lipinski definition) is 8. The summed E-state index contributed by atoms with van der Waals surface area (Å²) in [7, 11) is -3.60. The summed E-state index contributed by atoms with van der Waals surface area (Å²) >= 11 is 18.7. The van der Waals surface area contributed by atoms with Gasteiger partial charge in [0.05, 0.1) is 40.5 Å². The first-order valence-corrected chi connectivity index (χ1v) is 39.8. The molecule has 5 amide bonds. The molecular weight excluding hydrogens is 1410 g/mol. The fraction of sp³-hybridized carbons (Fsp3) is 0.360. The van der Waals surface area contributed by atoms with Crippen molar-refractivity contribution >= 4 is 104 Å². The zero-order chi connectivity index (χ0) is 75.6. The molecule has 548 valence electrons. The lowest BCUT2D eigenvalue weighted by atomic mass is 9.86. The van der Waals surface area contributed by atoms with Crippen LogP contribution >= 0.6 is 34.8 Å². The van der Waals surface area contributed by atoms with Crippen molar-refractivity contribution < 1.29 is 75.2 Å². The molecule has 6 aromatic rings. The zero-order valence-electron chi connectivity index (χ0n) is 59.5. The minimum atomic E-state index is -1.89. The van der Waals surface area contributed by atoms with Crippen LogP contribution in [0.25, 0.3) is 0 Å². The van der Waals surface area contributed by atoms with Crippen molar-refractivity contribution in [2.24, 2.45) is 0 Å². The molecule has 0 bridgehead atoms. The van der Waals surface area contributed by atoms with Gasteiger partial charge in [-0.1, -0.05) is 113 Å². The molecule has 3 heterocycles. The number of nitrogen functional groups attached to an aromatic ring is 1. The van der Waals surface area contributed by atoms with Crippen molar-refractivity contribution in [3.8, 4) is 17.2 Å². The molecule has 3 aliphatic heterocycles. The van der Waals surface area contributed by atoms with Gasteiger partial charge >= 0.3 is 5.97 Å². The number of rotatable bonds is 21. The summed E-state index contributed by atoms with van der Waals surface area (Å²) in [6, 6.07) is 27.3. The molecule has 9 N–H and O–H groups in total. The molecular formula is C75H90Cl3F3N6O13Si2. The second-order valence-corrected chi connectivity index (χ2v) is 38.3. The number of carboxylic acid groups (broad SMARTS) is 1. The van der Waals surface area contributed by atoms with Gasteiger partial charge in [0.15, 0.2) is 16.6 Å². The van der Waals surface area contributed by atoms with Gasteiger partial charge in [0.25, 0.3) is 11.8 Å². The van der Waals surface area contributed by atoms with Crippen molar-refractivity contribution in [2.75, 3.05) is 56.0 Å². The van der Waals surface area contributed by atoms with E-state index in [1.54, 1.807) is 61.5 Å². The fourth-order valence-corrected chi connectivity index (χ4v) is 12.8. The van der Waals surface area contributed by atoms with Crippen LogP contribution in [0.4, 0.5) is 30.2 Å². The van der Waals surface area contributed by atoms with E-state index in [9.17, 15) is 41.9 Å². The summed E-state index contributed by atoms with van der Waals surface area (Å²) in [4.78, 5) is 72.4. The average Bonchev–Trinajstić information content (AvgIpc) is 0.836. The van der Waals surface area contributed by atoms with E-state index >= 15 is 0 Å². The number of amides is 5. The number of nitrogens with one attached hydrogen (secondary N) is 5. The topological polar surface area (TPSA) is 275 Å². The third-order valence-electron chi connectivity index (χ3n) is 18.0. The number of aryl methyl sites for hydroxylation is 3. The first-order valence-electron chi connectivity index (χ1n) is 32.8. The summed E-state index contributed by atoms with van der Waals surface area (Å²) in [6.07, 6.45) is 4.22. The van der Waals surface area contributed by atoms with Crippen LogP contribution in [0.15, 0.2) is 145 Å². The Balaban J connectivity index is 0.000000223. The lowest BCUT2D eigenvalue weighted by Crippen LogP contribution is -2.41. The molecule has 0 aliphatic carbocycles. The van der Waals surface area contributed by atoms with Crippen LogP contribution in [0, 0.1) is 38.2 Å². The van der Waals surface area contributed by atoms with Crippen LogP contribution < -0.4 is 46.5 Å². The smallest absolute Gasteiger partial charge is 0.333 e. The van der Waals surface area contributed by atoms with E-state index in [-0.39, 0.29) is 77.6 Å². The van der Waals surface area contributed by atoms with E-state index in [0.717, 1.165) is 16.7 Å². The Bertz CT molecular complexity index is 4090. The maximum Gasteiger partial charge on any atom is 0.333 e. The van der Waals surface area contributed by atoms with Gasteiger partial charge in [0, 0.05) is 102 Å². The van der Waals surface area contributed by atoms with Crippen molar-refractivity contribution in [1.29, 1.82) is 0 Å². The predicted molar refractivity (Wildman–Crippen MR) is 398 cm³/mol. The number of aliphatic carboxylic acids is 1. The van der Waals surface area contributed by atoms with Crippen LogP contribution in [0.3, 0.4) is 0 Å². The highest BCUT2D eigenvalue weighted by Gasteiger charge is 2.39. The number of hydrogen-bond acceptors (Lipinski definition) is 13. The van der Waals surface area contributed by atoms with Gasteiger partial charge in [-0.2, -0.15) is 0 Å². The van der Waals surface area contributed by atoms with Gasteiger partial charge in [-0.15, -0.1) is 0 Å². The molecule has 0 aromatic heterocycles. The first kappa shape index (κ1) is 82.5. The zero-order valence-corrected chi connectivity index (χ0v) is 63.7. The molecule has 3 atom stereocenters. The minimum absolute atomic E-state index is 0.0593. The number of carbonyl (C=O) groups excluding carboxylic acids is 5. The summed E-state index contributed by atoms with van der Waals surface area (Å²) in [6.45, 7) is 29.3. The summed E-state index contributed by atoms with van der Waals surface area (Å²) in [5.41, 5.74) is 12.8. The Morgan fingerprint density at radius 2 is 0.804 bits per heavy atom. The molecule has 19 nitrogen and oxygen atoms in total. The quantitative estimate of drug-likeness (QED) is 0.0189. The summed E-state index contributed by atoms with van der Waals surface area (Å²) in [5, 5.41) is 32.9. The van der Waals surface area contributed by atoms with Gasteiger partial charge in [-0.3, -0.25) is 24.0 Å². The fourth-order valence-electron chi connectivity index (χ4n) is 9.93. The van der Waals surface area contributed by atoms with E-state index in [2.05, 4.69) is 94.3 Å². The minimum Gasteiger partial charge on any atom is -0.490 e. The van der Waals surface area contributed by atoms with Crippen molar-refractivity contribution in [1.82, 2.24) is 16.0 Å². The molecule has 0 unspecified atom stereocenters. The number of carbonyl (C=O) groups is 6. The number of ether oxygens (including phenoxy) is 3. The molecule has 3 aliphatic rings. The molecule has 0 radical (unpaired) electrons. The Hall–Kier alpha value is -8.47. The number of halogens is 6. The lowest BCUT2D eigenvalue weighted by Gasteiger charge is -2.36. The summed E-state index contributed by atoms with van der Waals surface area (Å²) < 4.78 is 68.6. The normalized spacial score (nSPS) is 16.0. The number of aliphatic hydroxyl groups excluding tert-OH is 1. The number of carboxylic acids is 1. The predicted octanol–water partition coefficient (Wildman–Crippen LogP) is 15.6. The SMILES string of the molecule is Cc1cc(Cl)c(OCCO)cc1NC(=O)C1=CNC(=O)C[C@H]1c1ccc(F)cc1.Cc1cc(Cl)c(OCCO[Si](C)(C)C(C)(C)C)cc1N.Cc1cc(Cl)c(OCCO[Si](C)(C)C(C)(C)C)cc1NC(=O)C1=CNC(=O)C[C@H]1c1ccc(F)cc1.O=C1C[C@@H](c2ccc(F)cc2)C(C(=O)O)=CN1. The van der Waals surface area contributed by atoms with Gasteiger partial charge in [-0.05, 0) is 145 Å². The van der Waals surface area contributed by atoms with E-state index < -0.39 is 57.9 Å². The van der Waals surface area contributed by atoms with Crippen molar-refractivity contribution in [3.63, 3.8) is 0 Å². The molecule has 102 heavy (non-hydrogen) atoms. The maximum atomic E-state index is 13.4. The number of aliphatic hydroxyl groups is 1. The molecule has 9 rings (SSSR count). The second-order valence-electron chi connectivity index (χ2n) is 27.5. The standard InChI is InChI=1S/C27H34ClFN2O4Si.C21H20ClFN2O4.C15H26ClNO2Si.C12H10FNO3/c1-17-13-22(28)24(34-11-12-35-36(5,6)27(2,3)4)15-23(17)31-26(33)21-16-30-25(32)14-20(21)18-7-9-19(29)10-8-18;1-12-8-17(22)19(29-7-6-26)10-18(12)25-21(28)16-11-24-20(27)9-15(16)13-2-4-14(23)5-3-13;1-11-9-12(16)14(10-13(11)17)18-7-8-19-20(5,6)15(2,3)4;13-8-3-1-7(2-4-8)9-5-11(15)14-6-10(9)12(16)17/h7-10,13,15-16,20H,11-12,14H2,1-6H3,(H,30,32)(H,31,33);2-5,8,10-11,15,26H,6-7,9H2,1H3,(H,24,27)(H,25,28);9-10H,7-8,17H2,1-6H3;1-4,6,9H,5H2,(H,14,15)(H,16,17)/t20-;15-;;9-/m00.0/s1. The second kappa shape index (κ2) is 36.6. The Kier molecular flexibility index (Phi) is 29.6. The molecule has 0 fully saturated rings. The number of anilines is 3. The van der Waals surface area contributed by atoms with Crippen LogP contribution in [0.1, 0.15) is 112 Å². The van der Waals surface area contributed by atoms with Crippen molar-refractivity contribution in [2.45, 2.75) is 136 Å². The third-order valence-corrected chi connectivity index (χ3v) is 28.0. The molecule has 6 aromatic carbocycles. The van der Waals surface area contributed by atoms with Crippen LogP contribution in [0.5, 0.6) is 17.2 Å². The number of nitrogens with two attached hydrogens (primary N) is 1. The summed E-state index contributed by atoms with van der Waals surface area (Å²) in [5.74, 6) is -3.83. The lowest BCUT2D eigenvalue weighted by molar-refractivity contribution is -0.133. The largest absolute Gasteiger partial charge is 0.490 e. The number of benzene rings is 6. The molecule has 0 spiro atoms. The Labute approximate surface area is 611 Å². The van der Waals surface area contributed by atoms with Crippen molar-refractivity contribution in [3.05, 3.63) is 210 Å². The molecule has 0 saturated carbocycles. The Morgan fingerprint density at radius 3 is 1.13 bits per heavy atom. The average molecular weight is 1500 g/mol. The maximum absolute atomic E-state index is 13.4. The van der Waals surface area contributed by atoms with Crippen LogP contribution in [0.2, 0.25) is 51.3 Å². The Morgan fingerprint density at radius 1 is 0.500 bits per heavy atom. The molecule has 27 heteroatoms. The molecule has 0 saturated heterocycles. The highest BCUT2D eigenvalue weighted by atomic mass is 35.5. The van der Waals surface area contributed by atoms with Gasteiger partial charge < -0.3 is 65.6 Å². The highest BCUT2D eigenvalue weighted by molar-refractivity contribution is 6.74. The monoisotopic (exact) mass is 1500 g/mol. The van der Waals surface area contributed by atoms with E-state index in [4.69, 9.17) is 73.8 Å². The van der Waals surface area contributed by atoms with E-state index in [0.29, 0.717) is 104 Å². The van der Waals surface area contributed by atoms with Gasteiger partial charge in [0.2, 0.25) is 17.7 Å². The van der Waals surface area contributed by atoms with E-state index in [1.807, 2.05) is 19.9 Å². The first-order chi connectivity index (χ1) is 47.8. The van der Waals surface area contributed by atoms with Crippen LogP contribution in [-0.4, -0.2) is 102 Å².